The lowest BCUT2D eigenvalue weighted by Crippen LogP contribution is -2.90. The van der Waals surface area contributed by atoms with E-state index < -0.39 is 56.2 Å². The standard InChI is InChI=1S/C8H2F18O3S/c9-3(10,11)1(4(12,13)14,5(15,16)17)30(27,28,29)2(6(18,19)20,7(21,22)23)8(24,25)26/h(H2,27,28,29). The minimum atomic E-state index is -12.2. The summed E-state index contributed by atoms with van der Waals surface area (Å²) in [5.74, 6) is 0. The van der Waals surface area contributed by atoms with E-state index in [-0.39, 0.29) is 0 Å². The summed E-state index contributed by atoms with van der Waals surface area (Å²) >= 11 is 0. The Kier molecular flexibility index (Phi) is 5.95. The lowest BCUT2D eigenvalue weighted by molar-refractivity contribution is -0.372. The Hall–Kier alpha value is -1.19. The molecule has 0 amide bonds. The third kappa shape index (κ3) is 3.03. The number of hydrogen-bond donors (Lipinski definition) is 2. The Balaban J connectivity index is 8.69. The average Bonchev–Trinajstić information content (AvgIpc) is 2.10. The highest BCUT2D eigenvalue weighted by molar-refractivity contribution is 8.13. The number of alkyl halides is 18. The second-order valence-electron chi connectivity index (χ2n) is 5.21. The fraction of sp³-hybridized carbons (Fsp3) is 1.00. The molecule has 3 nitrogen and oxygen atoms in total. The fourth-order valence-electron chi connectivity index (χ4n) is 2.45. The molecule has 0 aliphatic heterocycles. The van der Waals surface area contributed by atoms with E-state index in [1.807, 2.05) is 0 Å². The topological polar surface area (TPSA) is 57.5 Å². The number of halogens is 18. The van der Waals surface area contributed by atoms with E-state index in [0.717, 1.165) is 0 Å². The summed E-state index contributed by atoms with van der Waals surface area (Å²) in [5, 5.41) is 0. The number of rotatable bonds is 2. The summed E-state index contributed by atoms with van der Waals surface area (Å²) in [5.41, 5.74) is 0. The molecule has 0 saturated heterocycles. The van der Waals surface area contributed by atoms with E-state index in [0.29, 0.717) is 0 Å². The van der Waals surface area contributed by atoms with Gasteiger partial charge in [0.05, 0.1) is 0 Å². The van der Waals surface area contributed by atoms with E-state index in [1.165, 1.54) is 0 Å². The van der Waals surface area contributed by atoms with Crippen LogP contribution in [-0.2, 0) is 9.63 Å². The van der Waals surface area contributed by atoms with Crippen molar-refractivity contribution < 1.29 is 92.3 Å². The van der Waals surface area contributed by atoms with Crippen LogP contribution in [0.1, 0.15) is 0 Å². The van der Waals surface area contributed by atoms with Gasteiger partial charge in [-0.05, 0) is 0 Å². The van der Waals surface area contributed by atoms with Crippen molar-refractivity contribution in [3.8, 4) is 0 Å². The monoisotopic (exact) mass is 520 g/mol. The van der Waals surface area contributed by atoms with E-state index >= 15 is 0 Å². The summed E-state index contributed by atoms with van der Waals surface area (Å²) in [6.45, 7) is 0. The minimum absolute atomic E-state index is 8.60. The van der Waals surface area contributed by atoms with Crippen LogP contribution in [0.3, 0.4) is 0 Å². The van der Waals surface area contributed by atoms with E-state index in [2.05, 4.69) is 0 Å². The fourth-order valence-corrected chi connectivity index (χ4v) is 5.41. The summed E-state index contributed by atoms with van der Waals surface area (Å²) < 4.78 is 240. The van der Waals surface area contributed by atoms with Gasteiger partial charge >= 0.3 is 46.6 Å². The Morgan fingerprint density at radius 1 is 0.367 bits per heavy atom. The SMILES string of the molecule is O=S(O)(O)(C(C(F)(F)F)(C(F)(F)F)C(F)(F)F)C(C(F)(F)F)(C(F)(F)F)C(F)(F)F. The largest absolute Gasteiger partial charge is 0.426 e. The smallest absolute Gasteiger partial charge is 0.305 e. The van der Waals surface area contributed by atoms with Crippen molar-refractivity contribution in [2.75, 3.05) is 0 Å². The highest BCUT2D eigenvalue weighted by atomic mass is 32.3. The first-order valence-corrected chi connectivity index (χ1v) is 7.72. The Morgan fingerprint density at radius 3 is 0.533 bits per heavy atom. The maximum atomic E-state index is 12.8. The molecule has 0 atom stereocenters. The zero-order chi connectivity index (χ0) is 25.4. The van der Waals surface area contributed by atoms with Crippen LogP contribution in [0.2, 0.25) is 0 Å². The van der Waals surface area contributed by atoms with E-state index in [4.69, 9.17) is 9.11 Å². The zero-order valence-electron chi connectivity index (χ0n) is 12.5. The number of hydrogen-bond acceptors (Lipinski definition) is 1. The molecule has 184 valence electrons. The molecule has 2 N–H and O–H groups in total. The van der Waals surface area contributed by atoms with Crippen molar-refractivity contribution in [3.05, 3.63) is 0 Å². The molecule has 0 radical (unpaired) electrons. The summed E-state index contributed by atoms with van der Waals surface area (Å²) in [4.78, 5) is 0. The lowest BCUT2D eigenvalue weighted by atomic mass is 10.1. The third-order valence-corrected chi connectivity index (χ3v) is 7.10. The van der Waals surface area contributed by atoms with Crippen LogP contribution in [0.4, 0.5) is 79.0 Å². The van der Waals surface area contributed by atoms with Gasteiger partial charge < -0.3 is 9.11 Å². The van der Waals surface area contributed by atoms with Gasteiger partial charge in [-0.3, -0.25) is 0 Å². The van der Waals surface area contributed by atoms with Gasteiger partial charge in [-0.2, -0.15) is 79.0 Å². The average molecular weight is 520 g/mol. The van der Waals surface area contributed by atoms with Crippen LogP contribution >= 0.6 is 0 Å². The second-order valence-corrected chi connectivity index (χ2v) is 8.17. The van der Waals surface area contributed by atoms with Crippen LogP contribution in [0.25, 0.3) is 0 Å². The maximum Gasteiger partial charge on any atom is 0.426 e. The van der Waals surface area contributed by atoms with Crippen molar-refractivity contribution in [1.29, 1.82) is 0 Å². The van der Waals surface area contributed by atoms with Gasteiger partial charge in [0.25, 0.3) is 0 Å². The minimum Gasteiger partial charge on any atom is -0.305 e. The van der Waals surface area contributed by atoms with Crippen molar-refractivity contribution in [2.45, 2.75) is 46.6 Å². The summed E-state index contributed by atoms with van der Waals surface area (Å²) in [6, 6.07) is 0. The zero-order valence-corrected chi connectivity index (χ0v) is 13.3. The Morgan fingerprint density at radius 2 is 0.467 bits per heavy atom. The molecule has 30 heavy (non-hydrogen) atoms. The normalized spacial score (nSPS) is 18.2. The first kappa shape index (κ1) is 28.8. The molecule has 0 aromatic carbocycles. The third-order valence-electron chi connectivity index (χ3n) is 3.50. The predicted octanol–water partition coefficient (Wildman–Crippen LogP) is 5.60. The van der Waals surface area contributed by atoms with Crippen LogP contribution in [0.15, 0.2) is 0 Å². The van der Waals surface area contributed by atoms with Crippen molar-refractivity contribution in [1.82, 2.24) is 0 Å². The highest BCUT2D eigenvalue weighted by Crippen LogP contribution is 2.73. The molecular weight excluding hydrogens is 518 g/mol. The van der Waals surface area contributed by atoms with Gasteiger partial charge in [0.2, 0.25) is 0 Å². The highest BCUT2D eigenvalue weighted by Gasteiger charge is 3.07. The van der Waals surface area contributed by atoms with Gasteiger partial charge in [0.15, 0.2) is 0 Å². The predicted molar refractivity (Wildman–Crippen MR) is 55.2 cm³/mol. The van der Waals surface area contributed by atoms with Crippen molar-refractivity contribution in [3.63, 3.8) is 0 Å². The molecule has 0 aliphatic carbocycles. The molecule has 0 bridgehead atoms. The van der Waals surface area contributed by atoms with Gasteiger partial charge in [0.1, 0.15) is 9.63 Å². The Labute approximate surface area is 150 Å². The van der Waals surface area contributed by atoms with Gasteiger partial charge in [-0.1, -0.05) is 0 Å². The van der Waals surface area contributed by atoms with Gasteiger partial charge in [-0.25, -0.2) is 4.21 Å². The molecule has 0 aromatic rings. The molecule has 0 saturated carbocycles. The molecule has 0 spiro atoms. The van der Waals surface area contributed by atoms with Gasteiger partial charge in [-0.15, -0.1) is 0 Å². The van der Waals surface area contributed by atoms with Crippen LogP contribution in [0, 0.1) is 0 Å². The molecule has 22 heteroatoms. The van der Waals surface area contributed by atoms with Crippen molar-refractivity contribution in [2.24, 2.45) is 0 Å². The first-order valence-electron chi connectivity index (χ1n) is 5.84. The molecule has 0 fully saturated rings. The second kappa shape index (κ2) is 6.19. The summed E-state index contributed by atoms with van der Waals surface area (Å²) in [6.07, 6.45) is -53.6. The van der Waals surface area contributed by atoms with E-state index in [9.17, 15) is 83.2 Å². The van der Waals surface area contributed by atoms with E-state index in [1.54, 1.807) is 0 Å². The molecular formula is C8H2F18O3S. The van der Waals surface area contributed by atoms with Crippen LogP contribution in [0.5, 0.6) is 0 Å². The molecule has 0 rings (SSSR count). The van der Waals surface area contributed by atoms with Crippen molar-refractivity contribution >= 4 is 9.63 Å². The lowest BCUT2D eigenvalue weighted by Gasteiger charge is -2.58. The van der Waals surface area contributed by atoms with Crippen LogP contribution < -0.4 is 0 Å². The molecule has 0 aliphatic rings. The Bertz CT molecular complexity index is 591. The maximum absolute atomic E-state index is 12.8. The molecule has 0 aromatic heterocycles. The molecule has 0 heterocycles. The molecule has 0 unspecified atom stereocenters. The quantitative estimate of drug-likeness (QED) is 0.467. The summed E-state index contributed by atoms with van der Waals surface area (Å²) in [7, 11) is -12.2. The first-order chi connectivity index (χ1) is 12.3. The van der Waals surface area contributed by atoms with Crippen LogP contribution in [-0.4, -0.2) is 59.9 Å². The van der Waals surface area contributed by atoms with Gasteiger partial charge in [0, 0.05) is 0 Å².